The first-order valence-corrected chi connectivity index (χ1v) is 16.3. The zero-order valence-corrected chi connectivity index (χ0v) is 29.8. The molecule has 0 aliphatic carbocycles. The van der Waals surface area contributed by atoms with E-state index in [0.717, 1.165) is 10.5 Å². The third-order valence-corrected chi connectivity index (χ3v) is 6.75. The SMILES string of the molecule is CC.CCC(=O)CNC(=O)C(CCCCN)NC(=O)CNC(=O)C(N)CCCN=C(N)N.Cc1c[nH]c(=S)n1C.Cc1ccccc1. The summed E-state index contributed by atoms with van der Waals surface area (Å²) in [6.07, 6.45) is 4.75. The van der Waals surface area contributed by atoms with Gasteiger partial charge in [0.2, 0.25) is 17.7 Å². The molecule has 14 nitrogen and oxygen atoms in total. The van der Waals surface area contributed by atoms with E-state index in [4.69, 9.17) is 35.2 Å². The number of aromatic amines is 1. The summed E-state index contributed by atoms with van der Waals surface area (Å²) in [6, 6.07) is 8.63. The minimum atomic E-state index is -0.820. The number of hydrogen-bond donors (Lipinski definition) is 8. The van der Waals surface area contributed by atoms with Crippen LogP contribution in [0, 0.1) is 18.6 Å². The standard InChI is InChI=1S/C18H36N8O4.C7H8.C5H8N2S.C2H6/c1-2-12(27)10-24-17(30)14(7-3-4-8-19)26-15(28)11-25-16(29)13(20)6-5-9-23-18(21)22;1-7-5-3-2-4-6-7;1-4-3-6-5(8)7(4)2;1-2/h13-14H,2-11,19-20H2,1H3,(H,24,30)(H,25,29)(H,26,28)(H4,21,22,23);2-6H,1H3;3H,1-2H3,(H,6,8);1-2H3. The number of hydrogen-bond acceptors (Lipinski definition) is 8. The summed E-state index contributed by atoms with van der Waals surface area (Å²) in [5, 5.41) is 7.52. The Kier molecular flexibility index (Phi) is 27.0. The normalized spacial score (nSPS) is 11.0. The average molecular weight is 679 g/mol. The largest absolute Gasteiger partial charge is 0.370 e. The molecule has 266 valence electrons. The number of aliphatic imine (C=N–C) groups is 1. The van der Waals surface area contributed by atoms with E-state index < -0.39 is 29.8 Å². The Morgan fingerprint density at radius 2 is 1.57 bits per heavy atom. The molecule has 3 amide bonds. The van der Waals surface area contributed by atoms with E-state index in [2.05, 4.69) is 45.0 Å². The summed E-state index contributed by atoms with van der Waals surface area (Å²) in [7, 11) is 1.94. The van der Waals surface area contributed by atoms with E-state index >= 15 is 0 Å². The van der Waals surface area contributed by atoms with Gasteiger partial charge in [0.15, 0.2) is 16.5 Å². The van der Waals surface area contributed by atoms with Gasteiger partial charge in [0.05, 0.1) is 19.1 Å². The van der Waals surface area contributed by atoms with Crippen LogP contribution in [0.3, 0.4) is 0 Å². The first kappa shape index (κ1) is 45.0. The van der Waals surface area contributed by atoms with E-state index in [9.17, 15) is 19.2 Å². The van der Waals surface area contributed by atoms with Crippen molar-refractivity contribution < 1.29 is 19.2 Å². The molecule has 47 heavy (non-hydrogen) atoms. The zero-order valence-electron chi connectivity index (χ0n) is 28.9. The van der Waals surface area contributed by atoms with Crippen LogP contribution in [-0.2, 0) is 26.2 Å². The lowest BCUT2D eigenvalue weighted by atomic mass is 10.1. The lowest BCUT2D eigenvalue weighted by Gasteiger charge is -2.19. The van der Waals surface area contributed by atoms with Crippen LogP contribution >= 0.6 is 12.2 Å². The Hall–Kier alpha value is -4.08. The summed E-state index contributed by atoms with van der Waals surface area (Å²) < 4.78 is 2.71. The fourth-order valence-electron chi connectivity index (χ4n) is 3.44. The lowest BCUT2D eigenvalue weighted by molar-refractivity contribution is -0.131. The number of imidazole rings is 1. The van der Waals surface area contributed by atoms with Gasteiger partial charge in [-0.05, 0) is 64.7 Å². The molecule has 1 heterocycles. The fraction of sp³-hybridized carbons (Fsp3) is 0.562. The Balaban J connectivity index is 0. The number of aromatic nitrogens is 2. The number of amides is 3. The van der Waals surface area contributed by atoms with E-state index in [1.807, 2.05) is 56.8 Å². The molecule has 1 aromatic carbocycles. The van der Waals surface area contributed by atoms with Gasteiger partial charge in [-0.3, -0.25) is 24.2 Å². The minimum absolute atomic E-state index is 0.0335. The van der Waals surface area contributed by atoms with Crippen molar-refractivity contribution in [2.75, 3.05) is 26.2 Å². The smallest absolute Gasteiger partial charge is 0.242 e. The maximum absolute atomic E-state index is 12.3. The monoisotopic (exact) mass is 678 g/mol. The van der Waals surface area contributed by atoms with Crippen molar-refractivity contribution in [3.05, 3.63) is 52.6 Å². The Labute approximate surface area is 284 Å². The second-order valence-electron chi connectivity index (χ2n) is 10.2. The number of Topliss-reactive ketones (excluding diaryl/α,β-unsaturated/α-hetero) is 1. The topological polar surface area (TPSA) is 242 Å². The summed E-state index contributed by atoms with van der Waals surface area (Å²) in [4.78, 5) is 54.5. The van der Waals surface area contributed by atoms with Crippen LogP contribution in [0.25, 0.3) is 0 Å². The number of carbonyl (C=O) groups excluding carboxylic acids is 4. The Morgan fingerprint density at radius 1 is 0.957 bits per heavy atom. The molecule has 0 aliphatic heterocycles. The number of H-pyrrole nitrogens is 1. The molecule has 2 unspecified atom stereocenters. The number of benzene rings is 1. The van der Waals surface area contributed by atoms with Crippen molar-refractivity contribution in [1.82, 2.24) is 25.5 Å². The van der Waals surface area contributed by atoms with Crippen LogP contribution in [0.15, 0.2) is 41.5 Å². The number of ketones is 1. The van der Waals surface area contributed by atoms with Crippen molar-refractivity contribution in [2.24, 2.45) is 35.0 Å². The molecule has 15 heteroatoms. The second kappa shape index (κ2) is 28.2. The van der Waals surface area contributed by atoms with Crippen molar-refractivity contribution in [3.8, 4) is 0 Å². The molecule has 2 aromatic rings. The van der Waals surface area contributed by atoms with Crippen molar-refractivity contribution in [2.45, 2.75) is 85.2 Å². The minimum Gasteiger partial charge on any atom is -0.370 e. The quantitative estimate of drug-likeness (QED) is 0.0556. The van der Waals surface area contributed by atoms with Gasteiger partial charge < -0.3 is 48.4 Å². The molecule has 1 aromatic heterocycles. The van der Waals surface area contributed by atoms with E-state index in [1.54, 1.807) is 6.92 Å². The molecule has 2 rings (SSSR count). The highest BCUT2D eigenvalue weighted by Gasteiger charge is 2.21. The maximum atomic E-state index is 12.3. The number of unbranched alkanes of at least 4 members (excludes halogenated alkanes) is 1. The molecule has 12 N–H and O–H groups in total. The summed E-state index contributed by atoms with van der Waals surface area (Å²) in [5.41, 5.74) is 24.1. The molecule has 0 radical (unpaired) electrons. The highest BCUT2D eigenvalue weighted by Crippen LogP contribution is 2.01. The van der Waals surface area contributed by atoms with Crippen LogP contribution in [-0.4, -0.2) is 77.3 Å². The predicted octanol–water partition coefficient (Wildman–Crippen LogP) is 1.60. The molecule has 0 saturated carbocycles. The molecule has 0 spiro atoms. The van der Waals surface area contributed by atoms with Crippen LogP contribution in [0.4, 0.5) is 0 Å². The Morgan fingerprint density at radius 3 is 2.02 bits per heavy atom. The second-order valence-corrected chi connectivity index (χ2v) is 10.6. The van der Waals surface area contributed by atoms with Gasteiger partial charge >= 0.3 is 0 Å². The third-order valence-electron chi connectivity index (χ3n) is 6.36. The number of nitrogens with one attached hydrogen (secondary N) is 4. The molecular weight excluding hydrogens is 620 g/mol. The Bertz CT molecular complexity index is 1240. The van der Waals surface area contributed by atoms with Gasteiger partial charge in [-0.1, -0.05) is 56.7 Å². The zero-order chi connectivity index (χ0) is 36.2. The van der Waals surface area contributed by atoms with Crippen LogP contribution in [0.5, 0.6) is 0 Å². The lowest BCUT2D eigenvalue weighted by Crippen LogP contribution is -2.51. The summed E-state index contributed by atoms with van der Waals surface area (Å²) in [6.45, 7) is 10.2. The van der Waals surface area contributed by atoms with Crippen LogP contribution in [0.1, 0.15) is 70.6 Å². The van der Waals surface area contributed by atoms with Gasteiger partial charge in [-0.2, -0.15) is 0 Å². The molecule has 0 fully saturated rings. The first-order chi connectivity index (χ1) is 22.3. The summed E-state index contributed by atoms with van der Waals surface area (Å²) >= 11 is 4.88. The number of carbonyl (C=O) groups is 4. The number of nitrogens with two attached hydrogens (primary N) is 4. The van der Waals surface area contributed by atoms with E-state index in [1.165, 1.54) is 5.56 Å². The number of rotatable bonds is 16. The van der Waals surface area contributed by atoms with Gasteiger partial charge in [0.1, 0.15) is 6.04 Å². The van der Waals surface area contributed by atoms with Gasteiger partial charge in [-0.25, -0.2) is 0 Å². The maximum Gasteiger partial charge on any atom is 0.242 e. The van der Waals surface area contributed by atoms with Gasteiger partial charge in [0, 0.05) is 31.9 Å². The highest BCUT2D eigenvalue weighted by atomic mass is 32.1. The molecule has 2 atom stereocenters. The molecular formula is C32H58N10O4S. The van der Waals surface area contributed by atoms with Crippen molar-refractivity contribution >= 4 is 41.7 Å². The van der Waals surface area contributed by atoms with Crippen LogP contribution < -0.4 is 38.9 Å². The number of aryl methyl sites for hydroxylation is 2. The van der Waals surface area contributed by atoms with Gasteiger partial charge in [-0.15, -0.1) is 0 Å². The number of guanidine groups is 1. The highest BCUT2D eigenvalue weighted by molar-refractivity contribution is 7.71. The summed E-state index contributed by atoms with van der Waals surface area (Å²) in [5.74, 6) is -1.63. The van der Waals surface area contributed by atoms with Gasteiger partial charge in [0.25, 0.3) is 0 Å². The fourth-order valence-corrected chi connectivity index (χ4v) is 3.65. The first-order valence-electron chi connectivity index (χ1n) is 15.9. The van der Waals surface area contributed by atoms with Crippen molar-refractivity contribution in [1.29, 1.82) is 0 Å². The molecule has 0 bridgehead atoms. The predicted molar refractivity (Wildman–Crippen MR) is 192 cm³/mol. The molecule has 0 saturated heterocycles. The van der Waals surface area contributed by atoms with E-state index in [0.29, 0.717) is 51.6 Å². The van der Waals surface area contributed by atoms with E-state index in [-0.39, 0.29) is 24.8 Å². The third kappa shape index (κ3) is 23.9. The number of nitrogens with zero attached hydrogens (tertiary/aromatic N) is 2. The average Bonchev–Trinajstić information content (AvgIpc) is 3.36. The van der Waals surface area contributed by atoms with Crippen LogP contribution in [0.2, 0.25) is 0 Å². The molecule has 0 aliphatic rings. The van der Waals surface area contributed by atoms with Crippen molar-refractivity contribution in [3.63, 3.8) is 0 Å².